The van der Waals surface area contributed by atoms with Crippen LogP contribution in [0, 0.1) is 23.3 Å². The zero-order valence-corrected chi connectivity index (χ0v) is 22.1. The molecule has 2 aromatic heterocycles. The molecule has 42 heavy (non-hydrogen) atoms. The van der Waals surface area contributed by atoms with Crippen LogP contribution in [0.25, 0.3) is 0 Å². The van der Waals surface area contributed by atoms with E-state index in [1.165, 1.54) is 0 Å². The van der Waals surface area contributed by atoms with Gasteiger partial charge in [0.1, 0.15) is 72.0 Å². The monoisotopic (exact) mass is 592 g/mol. The molecule has 4 rings (SSSR count). The highest BCUT2D eigenvalue weighted by atomic mass is 19.1. The topological polar surface area (TPSA) is 154 Å². The number of nitrogens with zero attached hydrogens (tertiary/aromatic N) is 6. The molecule has 0 spiro atoms. The van der Waals surface area contributed by atoms with Gasteiger partial charge in [0.2, 0.25) is 0 Å². The fourth-order valence-corrected chi connectivity index (χ4v) is 4.26. The van der Waals surface area contributed by atoms with Gasteiger partial charge in [-0.15, -0.1) is 0 Å². The molecule has 4 aromatic rings. The number of ether oxygens (including phenoxy) is 2. The van der Waals surface area contributed by atoms with Gasteiger partial charge in [0, 0.05) is 11.1 Å². The summed E-state index contributed by atoms with van der Waals surface area (Å²) in [5.41, 5.74) is -6.16. The van der Waals surface area contributed by atoms with E-state index in [1.54, 1.807) is 0 Å². The second-order valence-electron chi connectivity index (χ2n) is 9.38. The number of esters is 2. The molecule has 16 heteroatoms. The Morgan fingerprint density at radius 2 is 1.14 bits per heavy atom. The predicted molar refractivity (Wildman–Crippen MR) is 132 cm³/mol. The van der Waals surface area contributed by atoms with E-state index in [4.69, 9.17) is 9.47 Å². The Morgan fingerprint density at radius 1 is 0.762 bits per heavy atom. The maximum absolute atomic E-state index is 14.7. The Labute approximate surface area is 235 Å². The number of hydrogen-bond donors (Lipinski definition) is 2. The third kappa shape index (κ3) is 6.28. The smallest absolute Gasteiger partial charge is 0.417 e. The van der Waals surface area contributed by atoms with E-state index < -0.39 is 82.8 Å². The summed E-state index contributed by atoms with van der Waals surface area (Å²) in [5, 5.41) is 30.6. The van der Waals surface area contributed by atoms with E-state index in [-0.39, 0.29) is 0 Å². The van der Waals surface area contributed by atoms with Crippen LogP contribution in [0.3, 0.4) is 0 Å². The van der Waals surface area contributed by atoms with Crippen LogP contribution in [0.5, 0.6) is 0 Å². The van der Waals surface area contributed by atoms with Gasteiger partial charge >= 0.3 is 11.9 Å². The summed E-state index contributed by atoms with van der Waals surface area (Å²) in [7, 11) is 0. The van der Waals surface area contributed by atoms with Crippen LogP contribution < -0.4 is 0 Å². The fraction of sp³-hybridized carbons (Fsp3) is 0.308. The first kappa shape index (κ1) is 30.3. The highest BCUT2D eigenvalue weighted by Crippen LogP contribution is 2.34. The second-order valence-corrected chi connectivity index (χ2v) is 9.38. The molecule has 0 aliphatic heterocycles. The summed E-state index contributed by atoms with van der Waals surface area (Å²) < 4.78 is 69.8. The van der Waals surface area contributed by atoms with Crippen molar-refractivity contribution in [2.45, 2.75) is 50.3 Å². The van der Waals surface area contributed by atoms with Gasteiger partial charge in [-0.25, -0.2) is 46.5 Å². The van der Waals surface area contributed by atoms with Gasteiger partial charge in [-0.2, -0.15) is 10.2 Å². The summed E-state index contributed by atoms with van der Waals surface area (Å²) in [5.74, 6) is -7.32. The number of halogens is 4. The molecule has 0 bridgehead atoms. The number of rotatable bonds is 10. The molecular weight excluding hydrogens is 568 g/mol. The SMILES string of the molecule is C[C@@H](OC(=O)C(=O)O[C@H](C)[C@](O)(Cn1cncn1)c1cc(F)ccc1F)[C@](O)(Cn1cncn1)c1cc(F)ccc1F. The number of aromatic nitrogens is 6. The minimum atomic E-state index is -2.47. The number of benzene rings is 2. The number of aliphatic hydroxyl groups is 2. The molecule has 0 saturated heterocycles. The van der Waals surface area contributed by atoms with E-state index >= 15 is 0 Å². The Balaban J connectivity index is 1.58. The van der Waals surface area contributed by atoms with Crippen LogP contribution in [0.1, 0.15) is 25.0 Å². The Hall–Kier alpha value is -4.70. The lowest BCUT2D eigenvalue weighted by molar-refractivity contribution is -0.191. The lowest BCUT2D eigenvalue weighted by atomic mass is 9.87. The van der Waals surface area contributed by atoms with Crippen LogP contribution in [0.2, 0.25) is 0 Å². The van der Waals surface area contributed by atoms with Crippen molar-refractivity contribution in [3.05, 3.63) is 96.1 Å². The molecule has 0 aliphatic rings. The highest BCUT2D eigenvalue weighted by Gasteiger charge is 2.45. The van der Waals surface area contributed by atoms with Crippen molar-refractivity contribution in [2.75, 3.05) is 0 Å². The van der Waals surface area contributed by atoms with Crippen molar-refractivity contribution in [1.82, 2.24) is 29.5 Å². The first-order chi connectivity index (χ1) is 19.8. The van der Waals surface area contributed by atoms with E-state index in [1.807, 2.05) is 0 Å². The number of carbonyl (C=O) groups is 2. The highest BCUT2D eigenvalue weighted by molar-refractivity contribution is 6.29. The summed E-state index contributed by atoms with van der Waals surface area (Å²) in [4.78, 5) is 33.0. The third-order valence-electron chi connectivity index (χ3n) is 6.61. The fourth-order valence-electron chi connectivity index (χ4n) is 4.26. The Bertz CT molecular complexity index is 1440. The maximum atomic E-state index is 14.7. The first-order valence-corrected chi connectivity index (χ1v) is 12.3. The lowest BCUT2D eigenvalue weighted by Gasteiger charge is -2.35. The molecule has 0 amide bonds. The van der Waals surface area contributed by atoms with Crippen molar-refractivity contribution in [1.29, 1.82) is 0 Å². The van der Waals surface area contributed by atoms with Crippen LogP contribution in [0.4, 0.5) is 17.6 Å². The molecule has 0 saturated carbocycles. The minimum Gasteiger partial charge on any atom is -0.451 e. The Morgan fingerprint density at radius 3 is 1.48 bits per heavy atom. The summed E-state index contributed by atoms with van der Waals surface area (Å²) in [6.45, 7) is 1.06. The molecule has 12 nitrogen and oxygen atoms in total. The van der Waals surface area contributed by atoms with Crippen molar-refractivity contribution in [2.24, 2.45) is 0 Å². The van der Waals surface area contributed by atoms with E-state index in [2.05, 4.69) is 20.2 Å². The maximum Gasteiger partial charge on any atom is 0.417 e. The van der Waals surface area contributed by atoms with E-state index in [9.17, 15) is 37.4 Å². The van der Waals surface area contributed by atoms with E-state index in [0.29, 0.717) is 12.1 Å². The van der Waals surface area contributed by atoms with Crippen LogP contribution >= 0.6 is 0 Å². The van der Waals surface area contributed by atoms with Crippen molar-refractivity contribution in [3.8, 4) is 0 Å². The lowest BCUT2D eigenvalue weighted by Crippen LogP contribution is -2.48. The summed E-state index contributed by atoms with van der Waals surface area (Å²) >= 11 is 0. The van der Waals surface area contributed by atoms with E-state index in [0.717, 1.165) is 72.8 Å². The van der Waals surface area contributed by atoms with Gasteiger partial charge < -0.3 is 19.7 Å². The largest absolute Gasteiger partial charge is 0.451 e. The predicted octanol–water partition coefficient (Wildman–Crippen LogP) is 1.77. The normalized spacial score (nSPS) is 15.7. The van der Waals surface area contributed by atoms with Crippen molar-refractivity contribution < 1.29 is 46.8 Å². The molecule has 2 aromatic carbocycles. The third-order valence-corrected chi connectivity index (χ3v) is 6.61. The average molecular weight is 593 g/mol. The average Bonchev–Trinajstić information content (AvgIpc) is 3.65. The molecular formula is C26H24F4N6O6. The van der Waals surface area contributed by atoms with Crippen LogP contribution in [-0.2, 0) is 43.4 Å². The van der Waals surface area contributed by atoms with Gasteiger partial charge in [0.25, 0.3) is 0 Å². The second kappa shape index (κ2) is 12.0. The van der Waals surface area contributed by atoms with Crippen LogP contribution in [-0.4, -0.2) is 63.9 Å². The first-order valence-electron chi connectivity index (χ1n) is 12.3. The molecule has 0 aliphatic carbocycles. The van der Waals surface area contributed by atoms with Gasteiger partial charge in [0.05, 0.1) is 13.1 Å². The molecule has 222 valence electrons. The number of carbonyl (C=O) groups excluding carboxylic acids is 2. The molecule has 0 fully saturated rings. The minimum absolute atomic E-state index is 0.580. The van der Waals surface area contributed by atoms with Crippen molar-refractivity contribution in [3.63, 3.8) is 0 Å². The number of hydrogen-bond acceptors (Lipinski definition) is 10. The van der Waals surface area contributed by atoms with Gasteiger partial charge in [-0.05, 0) is 50.2 Å². The van der Waals surface area contributed by atoms with Gasteiger partial charge in [0.15, 0.2) is 0 Å². The van der Waals surface area contributed by atoms with Gasteiger partial charge in [-0.1, -0.05) is 0 Å². The molecule has 2 heterocycles. The Kier molecular flexibility index (Phi) is 8.67. The quantitative estimate of drug-likeness (QED) is 0.158. The summed E-state index contributed by atoms with van der Waals surface area (Å²) in [6.07, 6.45) is 1.10. The summed E-state index contributed by atoms with van der Waals surface area (Å²) in [6, 6.07) is 4.51. The molecule has 2 N–H and O–H groups in total. The standard InChI is InChI=1S/C26H24F4N6O6/c1-15(25(39,9-35-13-31-11-33-35)19-7-17(27)3-5-21(19)29)41-23(37)24(38)42-16(2)26(40,10-36-14-32-12-34-36)20-8-18(28)4-6-22(20)30/h3-8,11-16,39-40H,9-10H2,1-2H3/t15-,16-,25-,26-/m1/s1. The van der Waals surface area contributed by atoms with Crippen molar-refractivity contribution >= 4 is 11.9 Å². The van der Waals surface area contributed by atoms with Gasteiger partial charge in [-0.3, -0.25) is 0 Å². The van der Waals surface area contributed by atoms with Crippen LogP contribution in [0.15, 0.2) is 61.7 Å². The molecule has 0 unspecified atom stereocenters. The molecule has 0 radical (unpaired) electrons. The zero-order chi connectivity index (χ0) is 30.7. The zero-order valence-electron chi connectivity index (χ0n) is 22.1. The molecule has 4 atom stereocenters.